The fraction of sp³-hybridized carbons (Fsp3) is 0.286. The minimum Gasteiger partial charge on any atom is -0.476 e. The predicted octanol–water partition coefficient (Wildman–Crippen LogP) is 9.16. The van der Waals surface area contributed by atoms with Crippen molar-refractivity contribution in [2.45, 2.75) is 63.2 Å². The molecule has 3 nitrogen and oxygen atoms in total. The van der Waals surface area contributed by atoms with Crippen molar-refractivity contribution in [1.29, 1.82) is 0 Å². The van der Waals surface area contributed by atoms with E-state index in [9.17, 15) is 4.79 Å². The lowest BCUT2D eigenvalue weighted by molar-refractivity contribution is -0.160. The van der Waals surface area contributed by atoms with Crippen LogP contribution in [0.1, 0.15) is 54.7 Å². The summed E-state index contributed by atoms with van der Waals surface area (Å²) in [5.41, 5.74) is 6.30. The predicted molar refractivity (Wildman–Crippen MR) is 162 cm³/mol. The molecule has 0 aliphatic carbocycles. The highest BCUT2D eigenvalue weighted by molar-refractivity contribution is 7.99. The first-order valence-corrected chi connectivity index (χ1v) is 14.5. The Bertz CT molecular complexity index is 1360. The van der Waals surface area contributed by atoms with Gasteiger partial charge in [0.1, 0.15) is 5.75 Å². The van der Waals surface area contributed by atoms with Crippen LogP contribution in [-0.2, 0) is 16.0 Å². The van der Waals surface area contributed by atoms with Crippen molar-refractivity contribution >= 4 is 17.7 Å². The summed E-state index contributed by atoms with van der Waals surface area (Å²) in [7, 11) is 0. The number of carbonyl (C=O) groups excluding carboxylic acids is 1. The van der Waals surface area contributed by atoms with Crippen LogP contribution in [0.2, 0.25) is 0 Å². The quantitative estimate of drug-likeness (QED) is 0.141. The molecule has 0 bridgehead atoms. The monoisotopic (exact) mass is 538 g/mol. The van der Waals surface area contributed by atoms with Gasteiger partial charge in [-0.05, 0) is 86.6 Å². The summed E-state index contributed by atoms with van der Waals surface area (Å²) in [6, 6.07) is 34.5. The average Bonchev–Trinajstić information content (AvgIpc) is 2.95. The van der Waals surface area contributed by atoms with E-state index in [1.807, 2.05) is 38.6 Å². The molecule has 4 aromatic rings. The molecule has 0 saturated heterocycles. The topological polar surface area (TPSA) is 35.5 Å². The second kappa shape index (κ2) is 13.0. The molecule has 0 saturated carbocycles. The molecule has 0 N–H and O–H groups in total. The number of benzene rings is 4. The Balaban J connectivity index is 1.57. The molecule has 4 rings (SSSR count). The second-order valence-corrected chi connectivity index (χ2v) is 11.4. The zero-order chi connectivity index (χ0) is 27.8. The van der Waals surface area contributed by atoms with Crippen LogP contribution in [-0.4, -0.2) is 18.2 Å². The van der Waals surface area contributed by atoms with E-state index in [1.165, 1.54) is 27.8 Å². The zero-order valence-corrected chi connectivity index (χ0v) is 24.4. The average molecular weight is 539 g/mol. The SMILES string of the molecule is CCOC(=O)C(C)(CC)Oc1ccc(SC(Cc2ccccc2)c2ccc(-c3ccc(C)cc3)cc2)cc1C. The molecule has 39 heavy (non-hydrogen) atoms. The molecule has 2 unspecified atom stereocenters. The van der Waals surface area contributed by atoms with Crippen LogP contribution in [0, 0.1) is 13.8 Å². The van der Waals surface area contributed by atoms with E-state index >= 15 is 0 Å². The Morgan fingerprint density at radius 3 is 2.08 bits per heavy atom. The summed E-state index contributed by atoms with van der Waals surface area (Å²) in [6.07, 6.45) is 1.45. The third-order valence-electron chi connectivity index (χ3n) is 7.07. The molecule has 4 heteroatoms. The molecule has 0 radical (unpaired) electrons. The zero-order valence-electron chi connectivity index (χ0n) is 23.6. The number of esters is 1. The van der Waals surface area contributed by atoms with Crippen LogP contribution in [0.5, 0.6) is 5.75 Å². The first kappa shape index (κ1) is 28.5. The molecular formula is C35H38O3S. The maximum atomic E-state index is 12.5. The van der Waals surface area contributed by atoms with Crippen molar-refractivity contribution in [3.63, 3.8) is 0 Å². The third kappa shape index (κ3) is 7.33. The van der Waals surface area contributed by atoms with E-state index in [1.54, 1.807) is 6.92 Å². The molecular weight excluding hydrogens is 500 g/mol. The van der Waals surface area contributed by atoms with Crippen molar-refractivity contribution in [3.8, 4) is 16.9 Å². The van der Waals surface area contributed by atoms with Crippen molar-refractivity contribution in [1.82, 2.24) is 0 Å². The number of ether oxygens (including phenoxy) is 2. The lowest BCUT2D eigenvalue weighted by Gasteiger charge is -2.28. The van der Waals surface area contributed by atoms with E-state index in [2.05, 4.69) is 97.9 Å². The van der Waals surface area contributed by atoms with Gasteiger partial charge in [-0.15, -0.1) is 11.8 Å². The Hall–Kier alpha value is -3.50. The summed E-state index contributed by atoms with van der Waals surface area (Å²) in [5.74, 6) is 0.376. The summed E-state index contributed by atoms with van der Waals surface area (Å²) in [6.45, 7) is 10.0. The van der Waals surface area contributed by atoms with Crippen molar-refractivity contribution in [2.24, 2.45) is 0 Å². The molecule has 0 aliphatic rings. The molecule has 0 heterocycles. The van der Waals surface area contributed by atoms with E-state index in [4.69, 9.17) is 9.47 Å². The second-order valence-electron chi connectivity index (χ2n) is 10.1. The van der Waals surface area contributed by atoms with Gasteiger partial charge in [-0.1, -0.05) is 91.3 Å². The largest absolute Gasteiger partial charge is 0.476 e. The number of hydrogen-bond acceptors (Lipinski definition) is 4. The normalized spacial score (nSPS) is 13.4. The fourth-order valence-corrected chi connectivity index (χ4v) is 5.74. The maximum absolute atomic E-state index is 12.5. The van der Waals surface area contributed by atoms with Gasteiger partial charge in [0.15, 0.2) is 0 Å². The standard InChI is InChI=1S/C35H38O3S/c1-6-35(5,34(36)37-7-2)38-32-22-21-31(23-26(32)4)39-33(24-27-11-9-8-10-12-27)30-19-17-29(18-20-30)28-15-13-25(3)14-16-28/h8-23,33H,6-7,24H2,1-5H3. The van der Waals surface area contributed by atoms with Gasteiger partial charge >= 0.3 is 5.97 Å². The molecule has 0 aliphatic heterocycles. The third-order valence-corrected chi connectivity index (χ3v) is 8.32. The minimum absolute atomic E-state index is 0.242. The van der Waals surface area contributed by atoms with Gasteiger partial charge in [-0.2, -0.15) is 0 Å². The summed E-state index contributed by atoms with van der Waals surface area (Å²) < 4.78 is 11.5. The van der Waals surface area contributed by atoms with Crippen LogP contribution in [0.4, 0.5) is 0 Å². The molecule has 0 aromatic heterocycles. The lowest BCUT2D eigenvalue weighted by atomic mass is 9.99. The highest BCUT2D eigenvalue weighted by Crippen LogP contribution is 2.40. The van der Waals surface area contributed by atoms with Crippen molar-refractivity contribution in [3.05, 3.63) is 119 Å². The van der Waals surface area contributed by atoms with Crippen LogP contribution >= 0.6 is 11.8 Å². The maximum Gasteiger partial charge on any atom is 0.350 e. The van der Waals surface area contributed by atoms with E-state index in [-0.39, 0.29) is 11.2 Å². The van der Waals surface area contributed by atoms with Gasteiger partial charge in [-0.25, -0.2) is 4.79 Å². The Labute approximate surface area is 237 Å². The van der Waals surface area contributed by atoms with Crippen molar-refractivity contribution in [2.75, 3.05) is 6.61 Å². The van der Waals surface area contributed by atoms with Crippen LogP contribution in [0.25, 0.3) is 11.1 Å². The molecule has 202 valence electrons. The van der Waals surface area contributed by atoms with Gasteiger partial charge in [-0.3, -0.25) is 0 Å². The summed E-state index contributed by atoms with van der Waals surface area (Å²) in [5, 5.41) is 0.242. The highest BCUT2D eigenvalue weighted by Gasteiger charge is 2.35. The first-order chi connectivity index (χ1) is 18.8. The van der Waals surface area contributed by atoms with Gasteiger partial charge in [0.2, 0.25) is 5.60 Å². The van der Waals surface area contributed by atoms with Crippen LogP contribution in [0.15, 0.2) is 102 Å². The van der Waals surface area contributed by atoms with E-state index in [0.29, 0.717) is 18.8 Å². The van der Waals surface area contributed by atoms with E-state index < -0.39 is 5.60 Å². The highest BCUT2D eigenvalue weighted by atomic mass is 32.2. The van der Waals surface area contributed by atoms with Crippen LogP contribution < -0.4 is 4.74 Å². The van der Waals surface area contributed by atoms with Gasteiger partial charge < -0.3 is 9.47 Å². The van der Waals surface area contributed by atoms with Crippen molar-refractivity contribution < 1.29 is 14.3 Å². The molecule has 4 aromatic carbocycles. The number of hydrogen-bond donors (Lipinski definition) is 0. The van der Waals surface area contributed by atoms with Gasteiger partial charge in [0.25, 0.3) is 0 Å². The molecule has 0 fully saturated rings. The Kier molecular flexibility index (Phi) is 9.53. The minimum atomic E-state index is -1.01. The van der Waals surface area contributed by atoms with E-state index in [0.717, 1.165) is 16.9 Å². The Morgan fingerprint density at radius 1 is 0.846 bits per heavy atom. The van der Waals surface area contributed by atoms with Gasteiger partial charge in [0.05, 0.1) is 6.61 Å². The summed E-state index contributed by atoms with van der Waals surface area (Å²) >= 11 is 1.85. The van der Waals surface area contributed by atoms with Crippen LogP contribution in [0.3, 0.4) is 0 Å². The number of carbonyl (C=O) groups is 1. The summed E-state index contributed by atoms with van der Waals surface area (Å²) in [4.78, 5) is 13.7. The molecule has 2 atom stereocenters. The first-order valence-electron chi connectivity index (χ1n) is 13.7. The number of rotatable bonds is 11. The Morgan fingerprint density at radius 2 is 1.49 bits per heavy atom. The number of thioether (sulfide) groups is 1. The molecule has 0 spiro atoms. The smallest absolute Gasteiger partial charge is 0.350 e. The van der Waals surface area contributed by atoms with Gasteiger partial charge in [0, 0.05) is 10.1 Å². The lowest BCUT2D eigenvalue weighted by Crippen LogP contribution is -2.42. The fourth-order valence-electron chi connectivity index (χ4n) is 4.45. The molecule has 0 amide bonds. The number of aryl methyl sites for hydroxylation is 2.